The first-order chi connectivity index (χ1) is 13.6. The molecular weight excluding hydrogens is 374 g/mol. The van der Waals surface area contributed by atoms with Crippen molar-refractivity contribution in [1.29, 1.82) is 5.26 Å². The Labute approximate surface area is 166 Å². The Morgan fingerprint density at radius 2 is 2.07 bits per heavy atom. The van der Waals surface area contributed by atoms with Crippen LogP contribution in [0.2, 0.25) is 5.02 Å². The summed E-state index contributed by atoms with van der Waals surface area (Å²) in [5, 5.41) is 16.9. The number of rotatable bonds is 4. The van der Waals surface area contributed by atoms with Gasteiger partial charge in [0.1, 0.15) is 17.6 Å². The highest BCUT2D eigenvalue weighted by atomic mass is 35.5. The fourth-order valence-electron chi connectivity index (χ4n) is 4.06. The number of fused-ring (bicyclic) bond motifs is 1. The maximum Gasteiger partial charge on any atom is 0.232 e. The van der Waals surface area contributed by atoms with E-state index >= 15 is 0 Å². The Morgan fingerprint density at radius 3 is 2.79 bits per heavy atom. The van der Waals surface area contributed by atoms with Crippen LogP contribution in [0.15, 0.2) is 48.7 Å². The van der Waals surface area contributed by atoms with Gasteiger partial charge in [-0.15, -0.1) is 0 Å². The van der Waals surface area contributed by atoms with E-state index in [1.54, 1.807) is 18.3 Å². The van der Waals surface area contributed by atoms with Crippen molar-refractivity contribution in [2.24, 2.45) is 11.8 Å². The number of H-pyrrole nitrogens is 1. The van der Waals surface area contributed by atoms with Gasteiger partial charge < -0.3 is 0 Å². The Kier molecular flexibility index (Phi) is 3.92. The Hall–Kier alpha value is -3.17. The van der Waals surface area contributed by atoms with Crippen molar-refractivity contribution >= 4 is 23.3 Å². The van der Waals surface area contributed by atoms with Crippen LogP contribution in [0.5, 0.6) is 0 Å². The minimum atomic E-state index is -0.00509. The van der Waals surface area contributed by atoms with Crippen molar-refractivity contribution in [1.82, 2.24) is 15.2 Å². The number of nitrogens with one attached hydrogen (secondary N) is 1. The van der Waals surface area contributed by atoms with E-state index in [0.29, 0.717) is 22.3 Å². The zero-order chi connectivity index (χ0) is 19.3. The lowest BCUT2D eigenvalue weighted by Gasteiger charge is -2.19. The summed E-state index contributed by atoms with van der Waals surface area (Å²) in [6, 6.07) is 15.3. The third-order valence-corrected chi connectivity index (χ3v) is 5.83. The molecule has 28 heavy (non-hydrogen) atoms. The monoisotopic (exact) mass is 389 g/mol. The molecule has 1 saturated heterocycles. The average molecular weight is 390 g/mol. The standard InChI is InChI=1S/C21H16ClN5O/c22-14-4-1-12(2-5-14)7-17-16-8-19(16)27(21(17)28)20-9-18(25-26-20)13-3-6-15(10-23)24-11-13/h1-6,9,11,16-17,19H,7-8H2,(H,25,26). The highest BCUT2D eigenvalue weighted by molar-refractivity contribution is 6.30. The van der Waals surface area contributed by atoms with Crippen LogP contribution >= 0.6 is 11.6 Å². The molecule has 5 rings (SSSR count). The third kappa shape index (κ3) is 2.85. The molecule has 0 spiro atoms. The Morgan fingerprint density at radius 1 is 1.25 bits per heavy atom. The first kappa shape index (κ1) is 17.0. The van der Waals surface area contributed by atoms with Gasteiger partial charge in [-0.1, -0.05) is 23.7 Å². The van der Waals surface area contributed by atoms with E-state index in [9.17, 15) is 4.79 Å². The van der Waals surface area contributed by atoms with Gasteiger partial charge >= 0.3 is 0 Å². The van der Waals surface area contributed by atoms with E-state index in [1.807, 2.05) is 41.3 Å². The summed E-state index contributed by atoms with van der Waals surface area (Å²) < 4.78 is 0. The van der Waals surface area contributed by atoms with Gasteiger partial charge in [-0.25, -0.2) is 4.98 Å². The molecule has 1 aromatic carbocycles. The molecule has 1 aliphatic carbocycles. The second kappa shape index (κ2) is 6.47. The summed E-state index contributed by atoms with van der Waals surface area (Å²) >= 11 is 5.96. The van der Waals surface area contributed by atoms with Crippen molar-refractivity contribution in [3.63, 3.8) is 0 Å². The summed E-state index contributed by atoms with van der Waals surface area (Å²) in [5.74, 6) is 1.25. The molecule has 1 saturated carbocycles. The number of aromatic amines is 1. The quantitative estimate of drug-likeness (QED) is 0.738. The highest BCUT2D eigenvalue weighted by Crippen LogP contribution is 2.51. The molecule has 1 aliphatic heterocycles. The lowest BCUT2D eigenvalue weighted by atomic mass is 9.95. The van der Waals surface area contributed by atoms with Crippen molar-refractivity contribution in [3.8, 4) is 17.3 Å². The fraction of sp³-hybridized carbons (Fsp3) is 0.238. The van der Waals surface area contributed by atoms with Crippen LogP contribution in [0.25, 0.3) is 11.3 Å². The Balaban J connectivity index is 1.36. The number of hydrogen-bond donors (Lipinski definition) is 1. The van der Waals surface area contributed by atoms with Gasteiger partial charge in [0, 0.05) is 34.8 Å². The molecule has 2 fully saturated rings. The predicted octanol–water partition coefficient (Wildman–Crippen LogP) is 3.59. The fourth-order valence-corrected chi connectivity index (χ4v) is 4.19. The van der Waals surface area contributed by atoms with Crippen molar-refractivity contribution in [2.75, 3.05) is 4.90 Å². The number of nitriles is 1. The van der Waals surface area contributed by atoms with Crippen LogP contribution in [-0.4, -0.2) is 27.1 Å². The minimum Gasteiger partial charge on any atom is -0.293 e. The van der Waals surface area contributed by atoms with Gasteiger partial charge in [-0.05, 0) is 48.6 Å². The molecule has 0 radical (unpaired) electrons. The van der Waals surface area contributed by atoms with Crippen LogP contribution in [0, 0.1) is 23.2 Å². The van der Waals surface area contributed by atoms with E-state index < -0.39 is 0 Å². The number of hydrogen-bond acceptors (Lipinski definition) is 4. The molecule has 3 unspecified atom stereocenters. The number of aromatic nitrogens is 3. The molecular formula is C21H16ClN5O. The number of amides is 1. The van der Waals surface area contributed by atoms with Crippen LogP contribution in [0.1, 0.15) is 17.7 Å². The topological polar surface area (TPSA) is 85.7 Å². The first-order valence-electron chi connectivity index (χ1n) is 9.13. The number of halogens is 1. The van der Waals surface area contributed by atoms with Gasteiger partial charge in [0.2, 0.25) is 5.91 Å². The molecule has 1 amide bonds. The normalized spacial score (nSPS) is 22.8. The third-order valence-electron chi connectivity index (χ3n) is 5.57. The molecule has 1 N–H and O–H groups in total. The predicted molar refractivity (Wildman–Crippen MR) is 105 cm³/mol. The second-order valence-electron chi connectivity index (χ2n) is 7.29. The first-order valence-corrected chi connectivity index (χ1v) is 9.51. The van der Waals surface area contributed by atoms with Crippen LogP contribution < -0.4 is 4.90 Å². The maximum atomic E-state index is 13.1. The molecule has 3 atom stereocenters. The van der Waals surface area contributed by atoms with Crippen molar-refractivity contribution < 1.29 is 4.79 Å². The second-order valence-corrected chi connectivity index (χ2v) is 7.73. The number of nitrogens with zero attached hydrogens (tertiary/aromatic N) is 4. The average Bonchev–Trinajstić information content (AvgIpc) is 3.23. The molecule has 138 valence electrons. The van der Waals surface area contributed by atoms with Gasteiger partial charge in [0.05, 0.1) is 5.69 Å². The summed E-state index contributed by atoms with van der Waals surface area (Å²) in [6.07, 6.45) is 3.37. The van der Waals surface area contributed by atoms with E-state index in [2.05, 4.69) is 15.2 Å². The van der Waals surface area contributed by atoms with Gasteiger partial charge in [-0.2, -0.15) is 10.4 Å². The molecule has 2 aromatic heterocycles. The van der Waals surface area contributed by atoms with E-state index in [4.69, 9.17) is 16.9 Å². The SMILES string of the molecule is N#Cc1ccc(-c2cc(N3C(=O)C(Cc4ccc(Cl)cc4)C4CC43)[nH]n2)cn1. The summed E-state index contributed by atoms with van der Waals surface area (Å²) in [5.41, 5.74) is 3.00. The molecule has 0 bridgehead atoms. The lowest BCUT2D eigenvalue weighted by Crippen LogP contribution is -2.32. The maximum absolute atomic E-state index is 13.1. The summed E-state index contributed by atoms with van der Waals surface area (Å²) in [4.78, 5) is 19.0. The number of benzene rings is 1. The smallest absolute Gasteiger partial charge is 0.232 e. The molecule has 7 heteroatoms. The number of carbonyl (C=O) groups excluding carboxylic acids is 1. The van der Waals surface area contributed by atoms with Crippen LogP contribution in [0.3, 0.4) is 0 Å². The highest BCUT2D eigenvalue weighted by Gasteiger charge is 2.58. The number of anilines is 1. The van der Waals surface area contributed by atoms with Gasteiger partial charge in [0.15, 0.2) is 0 Å². The Bertz CT molecular complexity index is 1080. The molecule has 2 aliphatic rings. The largest absolute Gasteiger partial charge is 0.293 e. The van der Waals surface area contributed by atoms with Crippen LogP contribution in [-0.2, 0) is 11.2 Å². The number of pyridine rings is 1. The van der Waals surface area contributed by atoms with E-state index in [1.165, 1.54) is 0 Å². The summed E-state index contributed by atoms with van der Waals surface area (Å²) in [6.45, 7) is 0. The zero-order valence-corrected chi connectivity index (χ0v) is 15.6. The van der Waals surface area contributed by atoms with Crippen molar-refractivity contribution in [3.05, 3.63) is 64.9 Å². The summed E-state index contributed by atoms with van der Waals surface area (Å²) in [7, 11) is 0. The van der Waals surface area contributed by atoms with Gasteiger partial charge in [-0.3, -0.25) is 14.8 Å². The zero-order valence-electron chi connectivity index (χ0n) is 14.8. The molecule has 3 heterocycles. The van der Waals surface area contributed by atoms with Crippen LogP contribution in [0.4, 0.5) is 5.82 Å². The van der Waals surface area contributed by atoms with Crippen molar-refractivity contribution in [2.45, 2.75) is 18.9 Å². The minimum absolute atomic E-state index is 0.00509. The number of piperidine rings is 1. The molecule has 3 aromatic rings. The lowest BCUT2D eigenvalue weighted by molar-refractivity contribution is -0.121. The van der Waals surface area contributed by atoms with E-state index in [-0.39, 0.29) is 17.9 Å². The number of carbonyl (C=O) groups is 1. The van der Waals surface area contributed by atoms with E-state index in [0.717, 1.165) is 29.8 Å². The molecule has 6 nitrogen and oxygen atoms in total. The van der Waals surface area contributed by atoms with Gasteiger partial charge in [0.25, 0.3) is 0 Å².